The van der Waals surface area contributed by atoms with E-state index >= 15 is 0 Å². The molecule has 0 saturated carbocycles. The number of amides is 3. The van der Waals surface area contributed by atoms with Crippen molar-refractivity contribution in [1.82, 2.24) is 16.0 Å². The molecule has 1 heterocycles. The fourth-order valence-corrected chi connectivity index (χ4v) is 4.26. The van der Waals surface area contributed by atoms with Crippen LogP contribution in [0.15, 0.2) is 83.9 Å². The van der Waals surface area contributed by atoms with Gasteiger partial charge in [0.2, 0.25) is 6.10 Å². The van der Waals surface area contributed by atoms with Gasteiger partial charge in [-0.3, -0.25) is 10.1 Å². The number of urea groups is 1. The summed E-state index contributed by atoms with van der Waals surface area (Å²) in [5.74, 6) is 0.141. The van der Waals surface area contributed by atoms with Gasteiger partial charge in [0, 0.05) is 25.3 Å². The third kappa shape index (κ3) is 8.73. The van der Waals surface area contributed by atoms with E-state index in [0.29, 0.717) is 22.9 Å². The highest BCUT2D eigenvalue weighted by Crippen LogP contribution is 2.29. The lowest BCUT2D eigenvalue weighted by Gasteiger charge is -2.20. The number of nitrogens with two attached hydrogens (primary N) is 1. The van der Waals surface area contributed by atoms with Crippen LogP contribution in [0.3, 0.4) is 0 Å². The molecule has 0 aromatic heterocycles. The molecule has 0 bridgehead atoms. The average molecular weight is 550 g/mol. The lowest BCUT2D eigenvalue weighted by Crippen LogP contribution is -2.45. The van der Waals surface area contributed by atoms with Crippen molar-refractivity contribution in [3.05, 3.63) is 101 Å². The summed E-state index contributed by atoms with van der Waals surface area (Å²) in [6, 6.07) is 23.5. The van der Waals surface area contributed by atoms with Gasteiger partial charge in [-0.2, -0.15) is 0 Å². The van der Waals surface area contributed by atoms with Gasteiger partial charge in [-0.05, 0) is 36.1 Å². The first-order chi connectivity index (χ1) is 19.0. The van der Waals surface area contributed by atoms with Crippen LogP contribution in [-0.4, -0.2) is 37.2 Å². The number of carbonyl (C=O) groups excluding carboxylic acids is 2. The van der Waals surface area contributed by atoms with E-state index in [-0.39, 0.29) is 31.1 Å². The molecule has 9 nitrogen and oxygen atoms in total. The predicted molar refractivity (Wildman–Crippen MR) is 150 cm³/mol. The van der Waals surface area contributed by atoms with E-state index in [2.05, 4.69) is 20.9 Å². The molecule has 10 heteroatoms. The first-order valence-corrected chi connectivity index (χ1v) is 13.1. The summed E-state index contributed by atoms with van der Waals surface area (Å²) < 4.78 is 11.5. The topological polar surface area (TPSA) is 127 Å². The van der Waals surface area contributed by atoms with Crippen molar-refractivity contribution in [3.63, 3.8) is 0 Å². The van der Waals surface area contributed by atoms with Crippen molar-refractivity contribution in [3.8, 4) is 5.75 Å². The molecule has 0 radical (unpaired) electrons. The minimum atomic E-state index is -0.879. The number of ether oxygens (including phenoxy) is 2. The monoisotopic (exact) mass is 549 g/mol. The second-order valence-corrected chi connectivity index (χ2v) is 9.46. The molecule has 3 amide bonds. The maximum Gasteiger partial charge on any atom is 0.321 e. The zero-order chi connectivity index (χ0) is 27.5. The normalized spacial score (nSPS) is 15.8. The van der Waals surface area contributed by atoms with Crippen LogP contribution in [0.1, 0.15) is 35.6 Å². The van der Waals surface area contributed by atoms with Gasteiger partial charge in [-0.15, -0.1) is 0 Å². The zero-order valence-corrected chi connectivity index (χ0v) is 22.2. The lowest BCUT2D eigenvalue weighted by atomic mass is 10.1. The van der Waals surface area contributed by atoms with Crippen molar-refractivity contribution in [2.24, 2.45) is 10.7 Å². The first-order valence-electron chi connectivity index (χ1n) is 12.8. The van der Waals surface area contributed by atoms with Gasteiger partial charge in [0.25, 0.3) is 5.91 Å². The number of para-hydroxylation sites is 1. The number of aliphatic imine (C=N–C) groups is 1. The molecule has 1 aliphatic rings. The van der Waals surface area contributed by atoms with Gasteiger partial charge in [0.05, 0.1) is 17.7 Å². The number of hydrogen-bond acceptors (Lipinski definition) is 5. The molecule has 1 fully saturated rings. The fraction of sp³-hybridized carbons (Fsp3) is 0.276. The van der Waals surface area contributed by atoms with Crippen LogP contribution in [0.25, 0.3) is 0 Å². The molecule has 1 aliphatic heterocycles. The molecule has 2 atom stereocenters. The number of hydrogen-bond donors (Lipinski definition) is 4. The standard InChI is InChI=1S/C29H32ClN5O4/c30-24-13-4-5-14-25(24)39-26(22-10-2-1-3-11-22)27(36)32-17-20-8-6-9-21(16-20)18-33-28(31)35-29(37)34-19-23-12-7-15-38-23/h1-6,8-11,13-14,16,23,26H,7,12,15,17-19H2,(H,32,36)(H4,31,33,34,35,37). The van der Waals surface area contributed by atoms with Gasteiger partial charge in [-0.1, -0.05) is 78.3 Å². The number of nitrogens with zero attached hydrogens (tertiary/aromatic N) is 1. The number of guanidine groups is 1. The molecule has 3 aromatic carbocycles. The summed E-state index contributed by atoms with van der Waals surface area (Å²) in [6.45, 7) is 1.71. The van der Waals surface area contributed by atoms with Gasteiger partial charge in [0.15, 0.2) is 5.96 Å². The molecular weight excluding hydrogens is 518 g/mol. The van der Waals surface area contributed by atoms with Crippen molar-refractivity contribution < 1.29 is 19.1 Å². The van der Waals surface area contributed by atoms with E-state index in [1.165, 1.54) is 0 Å². The summed E-state index contributed by atoms with van der Waals surface area (Å²) >= 11 is 6.27. The van der Waals surface area contributed by atoms with Crippen LogP contribution in [-0.2, 0) is 22.6 Å². The minimum Gasteiger partial charge on any atom is -0.474 e. The van der Waals surface area contributed by atoms with Crippen molar-refractivity contribution in [2.45, 2.75) is 38.1 Å². The average Bonchev–Trinajstić information content (AvgIpc) is 3.48. The van der Waals surface area contributed by atoms with E-state index in [9.17, 15) is 9.59 Å². The Morgan fingerprint density at radius 3 is 2.56 bits per heavy atom. The van der Waals surface area contributed by atoms with E-state index in [4.69, 9.17) is 26.8 Å². The third-order valence-corrected chi connectivity index (χ3v) is 6.38. The molecule has 204 valence electrons. The van der Waals surface area contributed by atoms with Gasteiger partial charge >= 0.3 is 6.03 Å². The number of carbonyl (C=O) groups is 2. The second-order valence-electron chi connectivity index (χ2n) is 9.05. The summed E-state index contributed by atoms with van der Waals surface area (Å²) in [6.07, 6.45) is 1.10. The van der Waals surface area contributed by atoms with Crippen molar-refractivity contribution in [2.75, 3.05) is 13.2 Å². The predicted octanol–water partition coefficient (Wildman–Crippen LogP) is 4.07. The number of benzene rings is 3. The largest absolute Gasteiger partial charge is 0.474 e. The smallest absolute Gasteiger partial charge is 0.321 e. The van der Waals surface area contributed by atoms with Gasteiger partial charge in [-0.25, -0.2) is 9.79 Å². The molecule has 1 saturated heterocycles. The van der Waals surface area contributed by atoms with Crippen LogP contribution in [0, 0.1) is 0 Å². The first kappa shape index (κ1) is 27.9. The maximum atomic E-state index is 13.2. The third-order valence-electron chi connectivity index (χ3n) is 6.07. The Bertz CT molecular complexity index is 1280. The molecular formula is C29H32ClN5O4. The highest BCUT2D eigenvalue weighted by molar-refractivity contribution is 6.32. The Hall–Kier alpha value is -4.08. The Morgan fingerprint density at radius 2 is 1.79 bits per heavy atom. The Morgan fingerprint density at radius 1 is 1.03 bits per heavy atom. The zero-order valence-electron chi connectivity index (χ0n) is 21.4. The van der Waals surface area contributed by atoms with Crippen LogP contribution >= 0.6 is 11.6 Å². The molecule has 39 heavy (non-hydrogen) atoms. The van der Waals surface area contributed by atoms with Crippen molar-refractivity contribution >= 4 is 29.5 Å². The fourth-order valence-electron chi connectivity index (χ4n) is 4.08. The molecule has 4 rings (SSSR count). The maximum absolute atomic E-state index is 13.2. The van der Waals surface area contributed by atoms with E-state index in [0.717, 1.165) is 30.6 Å². The molecule has 3 aromatic rings. The molecule has 0 spiro atoms. The molecule has 0 aliphatic carbocycles. The van der Waals surface area contributed by atoms with E-state index < -0.39 is 12.1 Å². The van der Waals surface area contributed by atoms with Gasteiger partial charge < -0.3 is 25.8 Å². The van der Waals surface area contributed by atoms with Gasteiger partial charge in [0.1, 0.15) is 5.75 Å². The lowest BCUT2D eigenvalue weighted by molar-refractivity contribution is -0.128. The van der Waals surface area contributed by atoms with Crippen LogP contribution < -0.4 is 26.4 Å². The number of nitrogens with one attached hydrogen (secondary N) is 3. The molecule has 5 N–H and O–H groups in total. The summed E-state index contributed by atoms with van der Waals surface area (Å²) in [7, 11) is 0. The second kappa shape index (κ2) is 14.2. The van der Waals surface area contributed by atoms with E-state index in [1.807, 2.05) is 54.6 Å². The highest BCUT2D eigenvalue weighted by atomic mass is 35.5. The summed E-state index contributed by atoms with van der Waals surface area (Å²) in [5, 5.41) is 8.63. The number of halogens is 1. The van der Waals surface area contributed by atoms with Crippen LogP contribution in [0.2, 0.25) is 5.02 Å². The van der Waals surface area contributed by atoms with Crippen molar-refractivity contribution in [1.29, 1.82) is 0 Å². The Kier molecular flexibility index (Phi) is 10.2. The quantitative estimate of drug-likeness (QED) is 0.224. The Balaban J connectivity index is 1.32. The van der Waals surface area contributed by atoms with E-state index in [1.54, 1.807) is 24.3 Å². The Labute approximate surface area is 232 Å². The summed E-state index contributed by atoms with van der Waals surface area (Å²) in [5.41, 5.74) is 8.33. The SMILES string of the molecule is NC(=NCc1cccc(CNC(=O)C(Oc2ccccc2Cl)c2ccccc2)c1)NC(=O)NCC1CCCO1. The molecule has 2 unspecified atom stereocenters. The number of rotatable bonds is 10. The summed E-state index contributed by atoms with van der Waals surface area (Å²) in [4.78, 5) is 29.5. The minimum absolute atomic E-state index is 0.0148. The highest BCUT2D eigenvalue weighted by Gasteiger charge is 2.23. The van der Waals surface area contributed by atoms with Crippen LogP contribution in [0.5, 0.6) is 5.75 Å². The van der Waals surface area contributed by atoms with Crippen LogP contribution in [0.4, 0.5) is 4.79 Å².